The van der Waals surface area contributed by atoms with Crippen molar-refractivity contribution in [3.8, 4) is 0 Å². The van der Waals surface area contributed by atoms with Crippen molar-refractivity contribution in [2.45, 2.75) is 46.1 Å². The summed E-state index contributed by atoms with van der Waals surface area (Å²) >= 11 is 0. The standard InChI is InChI=1S/C22H28N2O4/c1-4-28-20(27)23-9-10-24-16-8-6-5-7-15(16)11-22(17(24)14-23)18(25)12-21(2,3)13-19(22)26/h5-8,17H,4,9-14H2,1-3H3. The molecule has 1 saturated heterocycles. The number of nitrogens with zero attached hydrogens (tertiary/aromatic N) is 2. The smallest absolute Gasteiger partial charge is 0.409 e. The van der Waals surface area contributed by atoms with Crippen LogP contribution in [0.5, 0.6) is 0 Å². The number of amides is 1. The van der Waals surface area contributed by atoms with E-state index in [-0.39, 0.29) is 29.1 Å². The molecule has 1 aromatic rings. The lowest BCUT2D eigenvalue weighted by atomic mass is 9.56. The van der Waals surface area contributed by atoms with E-state index in [1.807, 2.05) is 32.0 Å². The van der Waals surface area contributed by atoms with Crippen molar-refractivity contribution in [2.75, 3.05) is 31.1 Å². The van der Waals surface area contributed by atoms with Gasteiger partial charge in [-0.25, -0.2) is 4.79 Å². The first kappa shape index (κ1) is 19.0. The minimum Gasteiger partial charge on any atom is -0.450 e. The summed E-state index contributed by atoms with van der Waals surface area (Å²) in [6.45, 7) is 7.50. The zero-order valence-corrected chi connectivity index (χ0v) is 16.9. The van der Waals surface area contributed by atoms with E-state index >= 15 is 0 Å². The van der Waals surface area contributed by atoms with Crippen LogP contribution in [0.15, 0.2) is 24.3 Å². The number of carbonyl (C=O) groups excluding carboxylic acids is 3. The van der Waals surface area contributed by atoms with E-state index in [4.69, 9.17) is 4.74 Å². The summed E-state index contributed by atoms with van der Waals surface area (Å²) in [5, 5.41) is 0. The maximum Gasteiger partial charge on any atom is 0.409 e. The van der Waals surface area contributed by atoms with Crippen LogP contribution in [-0.2, 0) is 20.7 Å². The molecule has 1 unspecified atom stereocenters. The molecular weight excluding hydrogens is 356 g/mol. The second-order valence-corrected chi connectivity index (χ2v) is 9.00. The molecule has 150 valence electrons. The van der Waals surface area contributed by atoms with Crippen LogP contribution in [0.4, 0.5) is 10.5 Å². The van der Waals surface area contributed by atoms with Crippen LogP contribution in [0, 0.1) is 10.8 Å². The highest BCUT2D eigenvalue weighted by Gasteiger charge is 2.60. The molecule has 3 aliphatic rings. The number of piperazine rings is 1. The number of hydrogen-bond donors (Lipinski definition) is 0. The fourth-order valence-electron chi connectivity index (χ4n) is 5.20. The molecule has 1 aromatic carbocycles. The van der Waals surface area contributed by atoms with E-state index in [9.17, 15) is 14.4 Å². The van der Waals surface area contributed by atoms with Gasteiger partial charge in [-0.2, -0.15) is 0 Å². The molecule has 6 nitrogen and oxygen atoms in total. The molecule has 0 N–H and O–H groups in total. The van der Waals surface area contributed by atoms with Crippen molar-refractivity contribution in [2.24, 2.45) is 10.8 Å². The first-order chi connectivity index (χ1) is 13.3. The second kappa shape index (κ2) is 6.61. The van der Waals surface area contributed by atoms with Gasteiger partial charge in [0.15, 0.2) is 0 Å². The minimum atomic E-state index is -1.07. The van der Waals surface area contributed by atoms with Gasteiger partial charge in [-0.1, -0.05) is 32.0 Å². The molecule has 2 fully saturated rings. The number of fused-ring (bicyclic) bond motifs is 4. The summed E-state index contributed by atoms with van der Waals surface area (Å²) in [6.07, 6.45) is 0.844. The number of ketones is 2. The Bertz CT molecular complexity index is 812. The van der Waals surface area contributed by atoms with E-state index < -0.39 is 5.41 Å². The van der Waals surface area contributed by atoms with Crippen LogP contribution in [0.1, 0.15) is 39.2 Å². The average molecular weight is 384 g/mol. The Hall–Kier alpha value is -2.37. The maximum atomic E-state index is 13.5. The van der Waals surface area contributed by atoms with Crippen LogP contribution < -0.4 is 4.90 Å². The fourth-order valence-corrected chi connectivity index (χ4v) is 5.20. The number of carbonyl (C=O) groups is 3. The number of rotatable bonds is 1. The van der Waals surface area contributed by atoms with Crippen LogP contribution in [0.25, 0.3) is 0 Å². The first-order valence-corrected chi connectivity index (χ1v) is 10.1. The third kappa shape index (κ3) is 2.81. The molecule has 1 saturated carbocycles. The minimum absolute atomic E-state index is 0.0176. The Morgan fingerprint density at radius 2 is 1.79 bits per heavy atom. The Labute approximate surface area is 165 Å². The van der Waals surface area contributed by atoms with Gasteiger partial charge in [-0.3, -0.25) is 9.59 Å². The van der Waals surface area contributed by atoms with Crippen LogP contribution >= 0.6 is 0 Å². The third-order valence-electron chi connectivity index (χ3n) is 6.52. The molecule has 0 aromatic heterocycles. The SMILES string of the molecule is CCOC(=O)N1CCN2c3ccccc3CC3(C(=O)CC(C)(C)CC3=O)C2C1. The molecule has 1 amide bonds. The summed E-state index contributed by atoms with van der Waals surface area (Å²) in [5.41, 5.74) is 0.739. The molecule has 0 radical (unpaired) electrons. The van der Waals surface area contributed by atoms with Crippen molar-refractivity contribution < 1.29 is 19.1 Å². The summed E-state index contributed by atoms with van der Waals surface area (Å²) < 4.78 is 5.19. The lowest BCUT2D eigenvalue weighted by Crippen LogP contribution is -2.69. The molecule has 0 bridgehead atoms. The molecule has 4 rings (SSSR count). The van der Waals surface area contributed by atoms with E-state index in [2.05, 4.69) is 11.0 Å². The van der Waals surface area contributed by atoms with Gasteiger partial charge in [0.2, 0.25) is 0 Å². The molecule has 1 atom stereocenters. The highest BCUT2D eigenvalue weighted by atomic mass is 16.6. The maximum absolute atomic E-state index is 13.5. The Morgan fingerprint density at radius 1 is 1.11 bits per heavy atom. The number of hydrogen-bond acceptors (Lipinski definition) is 5. The lowest BCUT2D eigenvalue weighted by Gasteiger charge is -2.56. The van der Waals surface area contributed by atoms with Gasteiger partial charge in [0.25, 0.3) is 0 Å². The van der Waals surface area contributed by atoms with Gasteiger partial charge in [-0.15, -0.1) is 0 Å². The summed E-state index contributed by atoms with van der Waals surface area (Å²) in [7, 11) is 0. The van der Waals surface area contributed by atoms with Crippen LogP contribution in [0.2, 0.25) is 0 Å². The summed E-state index contributed by atoms with van der Waals surface area (Å²) in [4.78, 5) is 43.2. The van der Waals surface area contributed by atoms with Crippen molar-refractivity contribution in [1.29, 1.82) is 0 Å². The highest BCUT2D eigenvalue weighted by Crippen LogP contribution is 2.50. The lowest BCUT2D eigenvalue weighted by molar-refractivity contribution is -0.151. The molecular formula is C22H28N2O4. The average Bonchev–Trinajstić information content (AvgIpc) is 2.65. The predicted molar refractivity (Wildman–Crippen MR) is 105 cm³/mol. The molecule has 2 aliphatic heterocycles. The summed E-state index contributed by atoms with van der Waals surface area (Å²) in [6, 6.07) is 7.68. The normalized spacial score (nSPS) is 25.3. The Balaban J connectivity index is 1.78. The van der Waals surface area contributed by atoms with Crippen molar-refractivity contribution >= 4 is 23.3 Å². The molecule has 1 aliphatic carbocycles. The molecule has 1 spiro atoms. The largest absolute Gasteiger partial charge is 0.450 e. The number of para-hydroxylation sites is 1. The topological polar surface area (TPSA) is 66.9 Å². The molecule has 2 heterocycles. The molecule has 6 heteroatoms. The Morgan fingerprint density at radius 3 is 2.46 bits per heavy atom. The van der Waals surface area contributed by atoms with Crippen LogP contribution in [-0.4, -0.2) is 54.8 Å². The monoisotopic (exact) mass is 384 g/mol. The number of anilines is 1. The fraction of sp³-hybridized carbons (Fsp3) is 0.591. The number of ether oxygens (including phenoxy) is 1. The van der Waals surface area contributed by atoms with Gasteiger partial charge in [-0.05, 0) is 30.4 Å². The second-order valence-electron chi connectivity index (χ2n) is 9.00. The van der Waals surface area contributed by atoms with Gasteiger partial charge in [0.1, 0.15) is 17.0 Å². The zero-order valence-electron chi connectivity index (χ0n) is 16.9. The van der Waals surface area contributed by atoms with Crippen molar-refractivity contribution in [1.82, 2.24) is 4.90 Å². The van der Waals surface area contributed by atoms with Crippen molar-refractivity contribution in [3.63, 3.8) is 0 Å². The van der Waals surface area contributed by atoms with E-state index in [1.54, 1.807) is 11.8 Å². The summed E-state index contributed by atoms with van der Waals surface area (Å²) in [5.74, 6) is 0.0351. The third-order valence-corrected chi connectivity index (χ3v) is 6.52. The zero-order chi connectivity index (χ0) is 20.1. The van der Waals surface area contributed by atoms with E-state index in [0.717, 1.165) is 11.3 Å². The van der Waals surface area contributed by atoms with Gasteiger partial charge in [0.05, 0.1) is 12.6 Å². The van der Waals surface area contributed by atoms with Gasteiger partial charge < -0.3 is 14.5 Å². The van der Waals surface area contributed by atoms with E-state index in [1.165, 1.54) is 0 Å². The van der Waals surface area contributed by atoms with Gasteiger partial charge in [0, 0.05) is 38.2 Å². The first-order valence-electron chi connectivity index (χ1n) is 10.1. The predicted octanol–water partition coefficient (Wildman–Crippen LogP) is 2.83. The van der Waals surface area contributed by atoms with Crippen LogP contribution in [0.3, 0.4) is 0 Å². The van der Waals surface area contributed by atoms with Crippen molar-refractivity contribution in [3.05, 3.63) is 29.8 Å². The Kier molecular flexibility index (Phi) is 4.47. The highest BCUT2D eigenvalue weighted by molar-refractivity contribution is 6.11. The quantitative estimate of drug-likeness (QED) is 0.697. The van der Waals surface area contributed by atoms with Gasteiger partial charge >= 0.3 is 6.09 Å². The molecule has 28 heavy (non-hydrogen) atoms. The van der Waals surface area contributed by atoms with E-state index in [0.29, 0.717) is 45.5 Å². The number of benzene rings is 1. The number of Topliss-reactive ketones (excluding diaryl/α,β-unsaturated/α-hetero) is 2.